The number of allylic oxidation sites excluding steroid dienone is 2. The Labute approximate surface area is 165 Å². The van der Waals surface area contributed by atoms with E-state index in [1.54, 1.807) is 0 Å². The topological polar surface area (TPSA) is 59.2 Å². The maximum atomic E-state index is 13.1. The Morgan fingerprint density at radius 3 is 2.93 bits per heavy atom. The second-order valence-electron chi connectivity index (χ2n) is 8.71. The minimum absolute atomic E-state index is 0.213. The van der Waals surface area contributed by atoms with Gasteiger partial charge in [-0.2, -0.15) is 4.98 Å². The lowest BCUT2D eigenvalue weighted by molar-refractivity contribution is -0.138. The van der Waals surface area contributed by atoms with Crippen LogP contribution in [0, 0.1) is 30.6 Å². The third kappa shape index (κ3) is 3.27. The van der Waals surface area contributed by atoms with Crippen LogP contribution in [0.3, 0.4) is 0 Å². The number of hydrogen-bond acceptors (Lipinski definition) is 4. The van der Waals surface area contributed by atoms with E-state index < -0.39 is 0 Å². The van der Waals surface area contributed by atoms with Crippen LogP contribution >= 0.6 is 0 Å². The first kappa shape index (κ1) is 17.7. The van der Waals surface area contributed by atoms with Crippen molar-refractivity contribution < 1.29 is 9.32 Å². The highest BCUT2D eigenvalue weighted by molar-refractivity contribution is 5.80. The number of piperidine rings is 1. The zero-order chi connectivity index (χ0) is 19.1. The Hall–Kier alpha value is -2.43. The van der Waals surface area contributed by atoms with Crippen LogP contribution in [0.2, 0.25) is 0 Å². The first-order valence-electron chi connectivity index (χ1n) is 10.5. The first-order chi connectivity index (χ1) is 13.7. The molecule has 2 bridgehead atoms. The monoisotopic (exact) mass is 377 g/mol. The molecule has 1 amide bonds. The summed E-state index contributed by atoms with van der Waals surface area (Å²) in [4.78, 5) is 19.8. The molecule has 0 radical (unpaired) electrons. The van der Waals surface area contributed by atoms with Gasteiger partial charge in [0.15, 0.2) is 0 Å². The van der Waals surface area contributed by atoms with Gasteiger partial charge in [-0.25, -0.2) is 0 Å². The van der Waals surface area contributed by atoms with Gasteiger partial charge in [-0.15, -0.1) is 0 Å². The average Bonchev–Trinajstić information content (AvgIpc) is 3.45. The molecule has 3 aliphatic rings. The predicted octanol–water partition coefficient (Wildman–Crippen LogP) is 4.04. The molecular weight excluding hydrogens is 350 g/mol. The van der Waals surface area contributed by atoms with E-state index in [1.807, 2.05) is 18.2 Å². The number of hydrogen-bond donors (Lipinski definition) is 0. The minimum atomic E-state index is 0.213. The van der Waals surface area contributed by atoms with Crippen molar-refractivity contribution in [1.29, 1.82) is 0 Å². The standard InChI is InChI=1S/C23H27N3O2/c1-15-5-2-3-7-19(15)22-24-21(28-25-22)13-17-6-4-10-26(14-17)23(27)20-12-16-8-9-18(20)11-16/h2-3,5,7-9,16-18,20H,4,6,10-14H2,1H3/t16-,17-,18-,20-/m0/s1. The molecule has 1 aliphatic heterocycles. The Morgan fingerprint density at radius 2 is 2.14 bits per heavy atom. The summed E-state index contributed by atoms with van der Waals surface area (Å²) in [6, 6.07) is 8.09. The van der Waals surface area contributed by atoms with Crippen LogP contribution in [0.4, 0.5) is 0 Å². The van der Waals surface area contributed by atoms with Gasteiger partial charge in [-0.3, -0.25) is 4.79 Å². The lowest BCUT2D eigenvalue weighted by Gasteiger charge is -2.35. The smallest absolute Gasteiger partial charge is 0.227 e. The van der Waals surface area contributed by atoms with E-state index in [9.17, 15) is 4.79 Å². The second-order valence-corrected chi connectivity index (χ2v) is 8.71. The van der Waals surface area contributed by atoms with Crippen molar-refractivity contribution in [1.82, 2.24) is 15.0 Å². The molecule has 1 aromatic heterocycles. The van der Waals surface area contributed by atoms with E-state index in [0.717, 1.165) is 49.9 Å². The SMILES string of the molecule is Cc1ccccc1-c1noc(C[C@@H]2CCCN(C(=O)[C@H]3C[C@H]4C=C[C@H]3C4)C2)n1. The van der Waals surface area contributed by atoms with Crippen molar-refractivity contribution in [2.24, 2.45) is 23.7 Å². The molecule has 1 saturated carbocycles. The fourth-order valence-corrected chi connectivity index (χ4v) is 5.25. The fraction of sp³-hybridized carbons (Fsp3) is 0.522. The summed E-state index contributed by atoms with van der Waals surface area (Å²) in [7, 11) is 0. The van der Waals surface area contributed by atoms with E-state index in [-0.39, 0.29) is 5.92 Å². The maximum absolute atomic E-state index is 13.1. The summed E-state index contributed by atoms with van der Waals surface area (Å²) in [5, 5.41) is 4.18. The van der Waals surface area contributed by atoms with Gasteiger partial charge in [0, 0.05) is 31.0 Å². The van der Waals surface area contributed by atoms with Gasteiger partial charge in [-0.05, 0) is 55.9 Å². The van der Waals surface area contributed by atoms with Gasteiger partial charge in [-0.1, -0.05) is 41.6 Å². The molecule has 5 heteroatoms. The van der Waals surface area contributed by atoms with Gasteiger partial charge in [0.25, 0.3) is 0 Å². The number of benzene rings is 1. The highest BCUT2D eigenvalue weighted by Crippen LogP contribution is 2.44. The molecule has 28 heavy (non-hydrogen) atoms. The molecule has 0 spiro atoms. The first-order valence-corrected chi connectivity index (χ1v) is 10.5. The molecule has 4 atom stereocenters. The molecule has 1 aromatic carbocycles. The predicted molar refractivity (Wildman–Crippen MR) is 106 cm³/mol. The van der Waals surface area contributed by atoms with E-state index in [1.165, 1.54) is 6.42 Å². The summed E-state index contributed by atoms with van der Waals surface area (Å²) < 4.78 is 5.54. The molecule has 5 rings (SSSR count). The zero-order valence-corrected chi connectivity index (χ0v) is 16.4. The largest absolute Gasteiger partial charge is 0.342 e. The van der Waals surface area contributed by atoms with Gasteiger partial charge in [0.05, 0.1) is 0 Å². The fourth-order valence-electron chi connectivity index (χ4n) is 5.25. The van der Waals surface area contributed by atoms with Crippen LogP contribution in [0.15, 0.2) is 40.9 Å². The molecule has 2 heterocycles. The molecule has 2 aromatic rings. The third-order valence-corrected chi connectivity index (χ3v) is 6.74. The molecule has 2 fully saturated rings. The van der Waals surface area contributed by atoms with Crippen LogP contribution < -0.4 is 0 Å². The van der Waals surface area contributed by atoms with Crippen LogP contribution in [0.5, 0.6) is 0 Å². The van der Waals surface area contributed by atoms with Gasteiger partial charge in [0.2, 0.25) is 17.6 Å². The van der Waals surface area contributed by atoms with Crippen molar-refractivity contribution in [3.63, 3.8) is 0 Å². The van der Waals surface area contributed by atoms with Crippen molar-refractivity contribution in [3.05, 3.63) is 47.9 Å². The second kappa shape index (κ2) is 7.19. The highest BCUT2D eigenvalue weighted by atomic mass is 16.5. The number of nitrogens with zero attached hydrogens (tertiary/aromatic N) is 3. The molecule has 0 N–H and O–H groups in total. The van der Waals surface area contributed by atoms with Crippen LogP contribution in [-0.2, 0) is 11.2 Å². The molecule has 1 saturated heterocycles. The Bertz CT molecular complexity index is 903. The maximum Gasteiger partial charge on any atom is 0.227 e. The Balaban J connectivity index is 1.23. The van der Waals surface area contributed by atoms with Crippen LogP contribution in [0.1, 0.15) is 37.1 Å². The summed E-state index contributed by atoms with van der Waals surface area (Å²) in [5.74, 6) is 3.43. The van der Waals surface area contributed by atoms with Crippen LogP contribution in [0.25, 0.3) is 11.4 Å². The summed E-state index contributed by atoms with van der Waals surface area (Å²) in [6.45, 7) is 3.77. The third-order valence-electron chi connectivity index (χ3n) is 6.74. The molecular formula is C23H27N3O2. The summed E-state index contributed by atoms with van der Waals surface area (Å²) >= 11 is 0. The lowest BCUT2D eigenvalue weighted by Crippen LogP contribution is -2.44. The van der Waals surface area contributed by atoms with E-state index in [2.05, 4.69) is 40.2 Å². The quantitative estimate of drug-likeness (QED) is 0.755. The Morgan fingerprint density at radius 1 is 1.25 bits per heavy atom. The zero-order valence-electron chi connectivity index (χ0n) is 16.4. The van der Waals surface area contributed by atoms with Gasteiger partial charge < -0.3 is 9.42 Å². The number of aryl methyl sites for hydroxylation is 1. The molecule has 2 aliphatic carbocycles. The number of amides is 1. The average molecular weight is 377 g/mol. The number of likely N-dealkylation sites (tertiary alicyclic amines) is 1. The van der Waals surface area contributed by atoms with Crippen LogP contribution in [-0.4, -0.2) is 34.0 Å². The molecule has 0 unspecified atom stereocenters. The van der Waals surface area contributed by atoms with Crippen molar-refractivity contribution >= 4 is 5.91 Å². The Kier molecular flexibility index (Phi) is 4.53. The minimum Gasteiger partial charge on any atom is -0.342 e. The number of carbonyl (C=O) groups is 1. The number of carbonyl (C=O) groups excluding carboxylic acids is 1. The summed E-state index contributed by atoms with van der Waals surface area (Å²) in [5.41, 5.74) is 2.16. The van der Waals surface area contributed by atoms with E-state index >= 15 is 0 Å². The molecule has 5 nitrogen and oxygen atoms in total. The van der Waals surface area contributed by atoms with Crippen molar-refractivity contribution in [3.8, 4) is 11.4 Å². The van der Waals surface area contributed by atoms with Gasteiger partial charge >= 0.3 is 0 Å². The number of aromatic nitrogens is 2. The van der Waals surface area contributed by atoms with E-state index in [0.29, 0.717) is 35.4 Å². The van der Waals surface area contributed by atoms with E-state index in [4.69, 9.17) is 4.52 Å². The number of rotatable bonds is 4. The molecule has 146 valence electrons. The normalized spacial score (nSPS) is 28.8. The van der Waals surface area contributed by atoms with Crippen molar-refractivity contribution in [2.75, 3.05) is 13.1 Å². The van der Waals surface area contributed by atoms with Gasteiger partial charge in [0.1, 0.15) is 0 Å². The summed E-state index contributed by atoms with van der Waals surface area (Å²) in [6.07, 6.45) is 9.72. The lowest BCUT2D eigenvalue weighted by atomic mass is 9.89. The number of fused-ring (bicyclic) bond motifs is 2. The highest BCUT2D eigenvalue weighted by Gasteiger charge is 2.42. The van der Waals surface area contributed by atoms with Crippen molar-refractivity contribution in [2.45, 2.75) is 39.0 Å².